The second kappa shape index (κ2) is 8.30. The largest absolute Gasteiger partial charge is 0.493 e. The number of piperidine rings is 1. The molecule has 26 heavy (non-hydrogen) atoms. The summed E-state index contributed by atoms with van der Waals surface area (Å²) in [7, 11) is 1.64. The summed E-state index contributed by atoms with van der Waals surface area (Å²) in [6, 6.07) is 7.07. The first-order valence-electron chi connectivity index (χ1n) is 9.84. The fraction of sp³-hybridized carbons (Fsp3) is 0.667. The van der Waals surface area contributed by atoms with E-state index in [9.17, 15) is 4.79 Å². The predicted octanol–water partition coefficient (Wildman–Crippen LogP) is 3.58. The van der Waals surface area contributed by atoms with Crippen LogP contribution in [0, 0.1) is 5.92 Å². The number of methoxy groups -OCH3 is 1. The Balaban J connectivity index is 1.56. The van der Waals surface area contributed by atoms with E-state index in [4.69, 9.17) is 9.47 Å². The average Bonchev–Trinajstić information content (AvgIpc) is 2.93. The van der Waals surface area contributed by atoms with Crippen LogP contribution in [0.15, 0.2) is 18.2 Å². The molecule has 2 saturated heterocycles. The van der Waals surface area contributed by atoms with Gasteiger partial charge in [0, 0.05) is 18.5 Å². The van der Waals surface area contributed by atoms with Gasteiger partial charge in [0.2, 0.25) is 5.91 Å². The maximum absolute atomic E-state index is 12.5. The number of amides is 1. The van der Waals surface area contributed by atoms with E-state index in [-0.39, 0.29) is 18.1 Å². The SMILES string of the molecule is COc1cc(C(C)NC(=O)CC2CC3CCC(C2)N3)ccc1OC(C)C. The monoisotopic (exact) mass is 360 g/mol. The third kappa shape index (κ3) is 4.70. The molecule has 144 valence electrons. The van der Waals surface area contributed by atoms with Crippen LogP contribution >= 0.6 is 0 Å². The van der Waals surface area contributed by atoms with Gasteiger partial charge in [-0.25, -0.2) is 0 Å². The first kappa shape index (κ1) is 19.0. The molecule has 2 bridgehead atoms. The van der Waals surface area contributed by atoms with Crippen LogP contribution in [0.3, 0.4) is 0 Å². The van der Waals surface area contributed by atoms with Crippen LogP contribution < -0.4 is 20.1 Å². The molecule has 2 N–H and O–H groups in total. The molecule has 2 aliphatic heterocycles. The van der Waals surface area contributed by atoms with Crippen molar-refractivity contribution < 1.29 is 14.3 Å². The van der Waals surface area contributed by atoms with Gasteiger partial charge in [0.1, 0.15) is 0 Å². The molecule has 2 fully saturated rings. The van der Waals surface area contributed by atoms with Crippen molar-refractivity contribution in [2.24, 2.45) is 5.92 Å². The highest BCUT2D eigenvalue weighted by molar-refractivity contribution is 5.76. The lowest BCUT2D eigenvalue weighted by atomic mass is 9.89. The predicted molar refractivity (Wildman–Crippen MR) is 103 cm³/mol. The Morgan fingerprint density at radius 3 is 2.50 bits per heavy atom. The summed E-state index contributed by atoms with van der Waals surface area (Å²) in [6.45, 7) is 5.99. The molecule has 0 saturated carbocycles. The highest BCUT2D eigenvalue weighted by atomic mass is 16.5. The lowest BCUT2D eigenvalue weighted by molar-refractivity contribution is -0.122. The zero-order valence-corrected chi connectivity index (χ0v) is 16.4. The van der Waals surface area contributed by atoms with Crippen molar-refractivity contribution in [2.75, 3.05) is 7.11 Å². The van der Waals surface area contributed by atoms with Crippen molar-refractivity contribution in [3.8, 4) is 11.5 Å². The summed E-state index contributed by atoms with van der Waals surface area (Å²) in [5, 5.41) is 6.78. The first-order chi connectivity index (χ1) is 12.4. The first-order valence-corrected chi connectivity index (χ1v) is 9.84. The lowest BCUT2D eigenvalue weighted by Crippen LogP contribution is -2.40. The van der Waals surface area contributed by atoms with Gasteiger partial charge in [0.15, 0.2) is 11.5 Å². The van der Waals surface area contributed by atoms with Crippen LogP contribution in [-0.2, 0) is 4.79 Å². The van der Waals surface area contributed by atoms with E-state index in [0.717, 1.165) is 24.2 Å². The minimum absolute atomic E-state index is 0.0528. The topological polar surface area (TPSA) is 59.6 Å². The van der Waals surface area contributed by atoms with Gasteiger partial charge in [0.05, 0.1) is 19.3 Å². The number of carbonyl (C=O) groups excluding carboxylic acids is 1. The number of rotatable bonds is 7. The third-order valence-electron chi connectivity index (χ3n) is 5.47. The molecule has 5 heteroatoms. The smallest absolute Gasteiger partial charge is 0.220 e. The summed E-state index contributed by atoms with van der Waals surface area (Å²) >= 11 is 0. The summed E-state index contributed by atoms with van der Waals surface area (Å²) in [5.41, 5.74) is 1.02. The summed E-state index contributed by atoms with van der Waals surface area (Å²) in [4.78, 5) is 12.5. The molecule has 1 amide bonds. The fourth-order valence-corrected chi connectivity index (χ4v) is 4.29. The zero-order chi connectivity index (χ0) is 18.7. The van der Waals surface area contributed by atoms with Crippen molar-refractivity contribution in [3.63, 3.8) is 0 Å². The van der Waals surface area contributed by atoms with Crippen LogP contribution in [0.25, 0.3) is 0 Å². The van der Waals surface area contributed by atoms with Crippen LogP contribution in [0.5, 0.6) is 11.5 Å². The Hall–Kier alpha value is -1.75. The van der Waals surface area contributed by atoms with Crippen molar-refractivity contribution in [1.82, 2.24) is 10.6 Å². The minimum Gasteiger partial charge on any atom is -0.493 e. The second-order valence-electron chi connectivity index (χ2n) is 8.05. The van der Waals surface area contributed by atoms with E-state index in [1.807, 2.05) is 39.0 Å². The van der Waals surface area contributed by atoms with Gasteiger partial charge < -0.3 is 20.1 Å². The molecular formula is C21H32N2O3. The number of ether oxygens (including phenoxy) is 2. The van der Waals surface area contributed by atoms with Crippen LogP contribution in [0.2, 0.25) is 0 Å². The molecule has 1 aromatic rings. The van der Waals surface area contributed by atoms with Gasteiger partial charge in [-0.15, -0.1) is 0 Å². The maximum atomic E-state index is 12.5. The lowest BCUT2D eigenvalue weighted by Gasteiger charge is -2.29. The number of hydrogen-bond acceptors (Lipinski definition) is 4. The fourth-order valence-electron chi connectivity index (χ4n) is 4.29. The Bertz CT molecular complexity index is 620. The molecule has 0 radical (unpaired) electrons. The number of carbonyl (C=O) groups is 1. The molecular weight excluding hydrogens is 328 g/mol. The zero-order valence-electron chi connectivity index (χ0n) is 16.4. The number of nitrogens with one attached hydrogen (secondary N) is 2. The van der Waals surface area contributed by atoms with Gasteiger partial charge >= 0.3 is 0 Å². The van der Waals surface area contributed by atoms with Crippen molar-refractivity contribution in [1.29, 1.82) is 0 Å². The van der Waals surface area contributed by atoms with E-state index in [0.29, 0.717) is 30.2 Å². The van der Waals surface area contributed by atoms with Crippen LogP contribution in [0.4, 0.5) is 0 Å². The normalized spacial score (nSPS) is 25.8. The Morgan fingerprint density at radius 2 is 1.88 bits per heavy atom. The van der Waals surface area contributed by atoms with Gasteiger partial charge in [-0.3, -0.25) is 4.79 Å². The average molecular weight is 360 g/mol. The molecule has 0 aromatic heterocycles. The molecule has 0 spiro atoms. The Kier molecular flexibility index (Phi) is 6.07. The Labute approximate surface area is 156 Å². The van der Waals surface area contributed by atoms with E-state index in [2.05, 4.69) is 10.6 Å². The van der Waals surface area contributed by atoms with Crippen LogP contribution in [0.1, 0.15) is 64.5 Å². The number of fused-ring (bicyclic) bond motifs is 2. The number of hydrogen-bond donors (Lipinski definition) is 2. The molecule has 3 rings (SSSR count). The molecule has 0 aliphatic carbocycles. The molecule has 2 heterocycles. The van der Waals surface area contributed by atoms with E-state index in [1.165, 1.54) is 12.8 Å². The van der Waals surface area contributed by atoms with E-state index in [1.54, 1.807) is 7.11 Å². The standard InChI is InChI=1S/C21H32N2O3/c1-13(2)26-19-8-5-16(12-20(19)25-4)14(3)22-21(24)11-15-9-17-6-7-18(10-15)23-17/h5,8,12-15,17-18,23H,6-7,9-11H2,1-4H3,(H,22,24). The number of benzene rings is 1. The van der Waals surface area contributed by atoms with E-state index < -0.39 is 0 Å². The quantitative estimate of drug-likeness (QED) is 0.780. The van der Waals surface area contributed by atoms with Crippen LogP contribution in [-0.4, -0.2) is 31.2 Å². The second-order valence-corrected chi connectivity index (χ2v) is 8.05. The van der Waals surface area contributed by atoms with Gasteiger partial charge in [-0.05, 0) is 70.1 Å². The van der Waals surface area contributed by atoms with Crippen molar-refractivity contribution >= 4 is 5.91 Å². The summed E-state index contributed by atoms with van der Waals surface area (Å²) in [5.74, 6) is 2.09. The summed E-state index contributed by atoms with van der Waals surface area (Å²) < 4.78 is 11.2. The third-order valence-corrected chi connectivity index (χ3v) is 5.47. The van der Waals surface area contributed by atoms with Gasteiger partial charge in [-0.1, -0.05) is 6.07 Å². The summed E-state index contributed by atoms with van der Waals surface area (Å²) in [6.07, 6.45) is 5.52. The Morgan fingerprint density at radius 1 is 1.19 bits per heavy atom. The maximum Gasteiger partial charge on any atom is 0.220 e. The van der Waals surface area contributed by atoms with Crippen molar-refractivity contribution in [3.05, 3.63) is 23.8 Å². The van der Waals surface area contributed by atoms with Gasteiger partial charge in [-0.2, -0.15) is 0 Å². The molecule has 1 aromatic carbocycles. The molecule has 3 atom stereocenters. The highest BCUT2D eigenvalue weighted by Gasteiger charge is 2.34. The molecule has 2 aliphatic rings. The molecule has 5 nitrogen and oxygen atoms in total. The van der Waals surface area contributed by atoms with Crippen molar-refractivity contribution in [2.45, 2.75) is 77.1 Å². The van der Waals surface area contributed by atoms with Gasteiger partial charge in [0.25, 0.3) is 0 Å². The highest BCUT2D eigenvalue weighted by Crippen LogP contribution is 2.33. The molecule has 3 unspecified atom stereocenters. The van der Waals surface area contributed by atoms with E-state index >= 15 is 0 Å². The minimum atomic E-state index is -0.0528.